The van der Waals surface area contributed by atoms with Gasteiger partial charge in [-0.25, -0.2) is 8.42 Å². The van der Waals surface area contributed by atoms with Gasteiger partial charge >= 0.3 is 0 Å². The first-order valence-corrected chi connectivity index (χ1v) is 8.94. The Morgan fingerprint density at radius 1 is 1.22 bits per heavy atom. The van der Waals surface area contributed by atoms with E-state index in [4.69, 9.17) is 5.73 Å². The van der Waals surface area contributed by atoms with Gasteiger partial charge in [0, 0.05) is 22.4 Å². The van der Waals surface area contributed by atoms with E-state index in [0.29, 0.717) is 12.2 Å². The monoisotopic (exact) mass is 287 g/mol. The maximum absolute atomic E-state index is 11.5. The van der Waals surface area contributed by atoms with Gasteiger partial charge in [-0.15, -0.1) is 11.8 Å². The molecule has 1 aromatic rings. The molecule has 0 aromatic heterocycles. The van der Waals surface area contributed by atoms with Crippen LogP contribution in [0.3, 0.4) is 0 Å². The van der Waals surface area contributed by atoms with Crippen molar-refractivity contribution in [2.75, 3.05) is 17.3 Å². The van der Waals surface area contributed by atoms with E-state index in [1.54, 1.807) is 11.8 Å². The molecule has 0 aliphatic heterocycles. The Bertz CT molecular complexity index is 452. The lowest BCUT2D eigenvalue weighted by Crippen LogP contribution is -2.12. The highest BCUT2D eigenvalue weighted by Gasteiger charge is 2.09. The van der Waals surface area contributed by atoms with E-state index in [-0.39, 0.29) is 17.5 Å². The van der Waals surface area contributed by atoms with Gasteiger partial charge in [-0.1, -0.05) is 19.1 Å². The average Bonchev–Trinajstić information content (AvgIpc) is 2.29. The van der Waals surface area contributed by atoms with Crippen LogP contribution < -0.4 is 5.73 Å². The quantitative estimate of drug-likeness (QED) is 0.783. The van der Waals surface area contributed by atoms with Gasteiger partial charge in [0.25, 0.3) is 0 Å². The summed E-state index contributed by atoms with van der Waals surface area (Å²) < 4.78 is 23.1. The summed E-state index contributed by atoms with van der Waals surface area (Å²) in [6.45, 7) is 3.83. The summed E-state index contributed by atoms with van der Waals surface area (Å²) in [5.41, 5.74) is 6.86. The molecular formula is C13H21NO2S2. The van der Waals surface area contributed by atoms with Crippen LogP contribution in [0.2, 0.25) is 0 Å². The van der Waals surface area contributed by atoms with Crippen molar-refractivity contribution in [1.29, 1.82) is 0 Å². The second-order valence-corrected chi connectivity index (χ2v) is 7.83. The number of hydrogen-bond donors (Lipinski definition) is 1. The highest BCUT2D eigenvalue weighted by molar-refractivity contribution is 8.00. The summed E-state index contributed by atoms with van der Waals surface area (Å²) in [7, 11) is -2.86. The summed E-state index contributed by atoms with van der Waals surface area (Å²) in [6, 6.07) is 8.01. The fraction of sp³-hybridized carbons (Fsp3) is 0.538. The van der Waals surface area contributed by atoms with E-state index in [2.05, 4.69) is 0 Å². The van der Waals surface area contributed by atoms with Gasteiger partial charge in [-0.2, -0.15) is 0 Å². The SMILES string of the molecule is CCCS(=O)(=O)CCSc1ccc(C(C)N)cc1. The molecule has 0 amide bonds. The Morgan fingerprint density at radius 2 is 1.83 bits per heavy atom. The number of benzene rings is 1. The van der Waals surface area contributed by atoms with Crippen molar-refractivity contribution < 1.29 is 8.42 Å². The van der Waals surface area contributed by atoms with Crippen molar-refractivity contribution in [1.82, 2.24) is 0 Å². The van der Waals surface area contributed by atoms with Crippen LogP contribution in [0.5, 0.6) is 0 Å². The van der Waals surface area contributed by atoms with Crippen molar-refractivity contribution in [2.45, 2.75) is 31.2 Å². The van der Waals surface area contributed by atoms with Gasteiger partial charge in [-0.05, 0) is 31.0 Å². The van der Waals surface area contributed by atoms with Crippen molar-refractivity contribution in [3.8, 4) is 0 Å². The van der Waals surface area contributed by atoms with E-state index in [1.165, 1.54) is 0 Å². The molecule has 1 aromatic carbocycles. The first kappa shape index (κ1) is 15.5. The van der Waals surface area contributed by atoms with Gasteiger partial charge in [0.15, 0.2) is 9.84 Å². The molecule has 0 bridgehead atoms. The van der Waals surface area contributed by atoms with Crippen molar-refractivity contribution in [3.05, 3.63) is 29.8 Å². The van der Waals surface area contributed by atoms with Crippen LogP contribution in [-0.4, -0.2) is 25.7 Å². The molecule has 0 spiro atoms. The number of rotatable bonds is 7. The molecule has 1 unspecified atom stereocenters. The zero-order chi connectivity index (χ0) is 13.6. The molecule has 0 aliphatic rings. The van der Waals surface area contributed by atoms with Gasteiger partial charge in [0.05, 0.1) is 5.75 Å². The molecule has 0 saturated carbocycles. The van der Waals surface area contributed by atoms with Crippen LogP contribution in [0.25, 0.3) is 0 Å². The zero-order valence-electron chi connectivity index (χ0n) is 10.9. The van der Waals surface area contributed by atoms with Crippen LogP contribution in [0.4, 0.5) is 0 Å². The smallest absolute Gasteiger partial charge is 0.151 e. The van der Waals surface area contributed by atoms with Crippen LogP contribution in [-0.2, 0) is 9.84 Å². The molecule has 3 nitrogen and oxygen atoms in total. The number of thioether (sulfide) groups is 1. The predicted octanol–water partition coefficient (Wildman–Crippen LogP) is 2.62. The van der Waals surface area contributed by atoms with Gasteiger partial charge < -0.3 is 5.73 Å². The van der Waals surface area contributed by atoms with E-state index in [1.807, 2.05) is 38.1 Å². The fourth-order valence-electron chi connectivity index (χ4n) is 1.57. The molecule has 0 saturated heterocycles. The van der Waals surface area contributed by atoms with Crippen LogP contribution in [0, 0.1) is 0 Å². The van der Waals surface area contributed by atoms with Crippen molar-refractivity contribution in [2.24, 2.45) is 5.73 Å². The Kier molecular flexibility index (Phi) is 6.18. The zero-order valence-corrected chi connectivity index (χ0v) is 12.6. The lowest BCUT2D eigenvalue weighted by atomic mass is 10.1. The summed E-state index contributed by atoms with van der Waals surface area (Å²) in [5, 5.41) is 0. The van der Waals surface area contributed by atoms with E-state index >= 15 is 0 Å². The lowest BCUT2D eigenvalue weighted by molar-refractivity contribution is 0.596. The second-order valence-electron chi connectivity index (χ2n) is 4.36. The minimum Gasteiger partial charge on any atom is -0.324 e. The summed E-state index contributed by atoms with van der Waals surface area (Å²) in [5.74, 6) is 1.15. The Morgan fingerprint density at radius 3 is 2.33 bits per heavy atom. The molecular weight excluding hydrogens is 266 g/mol. The van der Waals surface area contributed by atoms with Gasteiger partial charge in [0.1, 0.15) is 0 Å². The second kappa shape index (κ2) is 7.16. The largest absolute Gasteiger partial charge is 0.324 e. The summed E-state index contributed by atoms with van der Waals surface area (Å²) >= 11 is 1.57. The van der Waals surface area contributed by atoms with E-state index < -0.39 is 9.84 Å². The van der Waals surface area contributed by atoms with E-state index in [0.717, 1.165) is 10.5 Å². The third-order valence-electron chi connectivity index (χ3n) is 2.58. The highest BCUT2D eigenvalue weighted by atomic mass is 32.2. The standard InChI is InChI=1S/C13H21NO2S2/c1-3-9-18(15,16)10-8-17-13-6-4-12(5-7-13)11(2)14/h4-7,11H,3,8-10,14H2,1-2H3. The Labute approximate surface area is 114 Å². The molecule has 0 fully saturated rings. The van der Waals surface area contributed by atoms with Crippen LogP contribution >= 0.6 is 11.8 Å². The third-order valence-corrected chi connectivity index (χ3v) is 5.71. The Balaban J connectivity index is 2.45. The summed E-state index contributed by atoms with van der Waals surface area (Å²) in [4.78, 5) is 1.09. The normalized spacial score (nSPS) is 13.5. The minimum absolute atomic E-state index is 0.0361. The van der Waals surface area contributed by atoms with Crippen LogP contribution in [0.15, 0.2) is 29.2 Å². The molecule has 18 heavy (non-hydrogen) atoms. The molecule has 1 rings (SSSR count). The predicted molar refractivity (Wildman–Crippen MR) is 78.7 cm³/mol. The van der Waals surface area contributed by atoms with Crippen molar-refractivity contribution >= 4 is 21.6 Å². The first-order valence-electron chi connectivity index (χ1n) is 6.13. The molecule has 102 valence electrons. The molecule has 5 heteroatoms. The number of sulfone groups is 1. The number of nitrogens with two attached hydrogens (primary N) is 1. The minimum atomic E-state index is -2.86. The lowest BCUT2D eigenvalue weighted by Gasteiger charge is -2.07. The maximum Gasteiger partial charge on any atom is 0.151 e. The molecule has 1 atom stereocenters. The molecule has 2 N–H and O–H groups in total. The van der Waals surface area contributed by atoms with Crippen molar-refractivity contribution in [3.63, 3.8) is 0 Å². The molecule has 0 heterocycles. The van der Waals surface area contributed by atoms with E-state index in [9.17, 15) is 8.42 Å². The first-order chi connectivity index (χ1) is 8.44. The molecule has 0 radical (unpaired) electrons. The van der Waals surface area contributed by atoms with Crippen LogP contribution in [0.1, 0.15) is 31.9 Å². The maximum atomic E-state index is 11.5. The average molecular weight is 287 g/mol. The highest BCUT2D eigenvalue weighted by Crippen LogP contribution is 2.20. The summed E-state index contributed by atoms with van der Waals surface area (Å²) in [6.07, 6.45) is 0.691. The Hall–Kier alpha value is -0.520. The topological polar surface area (TPSA) is 60.2 Å². The van der Waals surface area contributed by atoms with Gasteiger partial charge in [-0.3, -0.25) is 0 Å². The number of hydrogen-bond acceptors (Lipinski definition) is 4. The fourth-order valence-corrected chi connectivity index (χ4v) is 4.31. The molecule has 0 aliphatic carbocycles. The van der Waals surface area contributed by atoms with Gasteiger partial charge in [0.2, 0.25) is 0 Å². The third kappa shape index (κ3) is 5.42.